The maximum Gasteiger partial charge on any atom is 0.310 e. The van der Waals surface area contributed by atoms with Crippen molar-refractivity contribution in [3.05, 3.63) is 12.2 Å². The second-order valence-electron chi connectivity index (χ2n) is 8.67. The number of amides is 2. The molecule has 6 atom stereocenters. The van der Waals surface area contributed by atoms with Gasteiger partial charge in [0, 0.05) is 12.5 Å². The quantitative estimate of drug-likeness (QED) is 0.319. The number of aliphatic hydroxyl groups is 1. The van der Waals surface area contributed by atoms with Crippen LogP contribution in [0, 0.1) is 29.6 Å². The summed E-state index contributed by atoms with van der Waals surface area (Å²) < 4.78 is 5.32. The molecule has 1 heterocycles. The molecule has 2 N–H and O–H groups in total. The van der Waals surface area contributed by atoms with Crippen molar-refractivity contribution >= 4 is 17.8 Å². The van der Waals surface area contributed by atoms with Gasteiger partial charge in [0.25, 0.3) is 0 Å². The van der Waals surface area contributed by atoms with Gasteiger partial charge >= 0.3 is 5.97 Å². The van der Waals surface area contributed by atoms with Gasteiger partial charge in [0.1, 0.15) is 6.04 Å². The smallest absolute Gasteiger partial charge is 0.310 e. The Morgan fingerprint density at radius 3 is 2.47 bits per heavy atom. The highest BCUT2D eigenvalue weighted by Gasteiger charge is 2.58. The lowest BCUT2D eigenvalue weighted by Gasteiger charge is -2.35. The van der Waals surface area contributed by atoms with Gasteiger partial charge in [0.15, 0.2) is 0 Å². The van der Waals surface area contributed by atoms with Crippen molar-refractivity contribution in [2.75, 3.05) is 19.8 Å². The Morgan fingerprint density at radius 2 is 1.93 bits per heavy atom. The highest BCUT2D eigenvalue weighted by Crippen LogP contribution is 2.46. The summed E-state index contributed by atoms with van der Waals surface area (Å²) in [4.78, 5) is 41.3. The van der Waals surface area contributed by atoms with E-state index in [1.165, 1.54) is 0 Å². The van der Waals surface area contributed by atoms with E-state index in [0.717, 1.165) is 12.8 Å². The van der Waals surface area contributed by atoms with E-state index in [1.54, 1.807) is 11.8 Å². The number of nitrogens with zero attached hydrogens (tertiary/aromatic N) is 1. The molecule has 7 heteroatoms. The number of allylic oxidation sites excluding steroid dienone is 1. The number of carbonyl (C=O) groups is 3. The number of hydrogen-bond acceptors (Lipinski definition) is 5. The fourth-order valence-electron chi connectivity index (χ4n) is 4.86. The molecule has 2 amide bonds. The number of ether oxygens (including phenoxy) is 1. The number of hydrogen-bond donors (Lipinski definition) is 2. The summed E-state index contributed by atoms with van der Waals surface area (Å²) in [6.07, 6.45) is 6.42. The van der Waals surface area contributed by atoms with Crippen molar-refractivity contribution < 1.29 is 24.2 Å². The molecule has 170 valence electrons. The van der Waals surface area contributed by atoms with Crippen molar-refractivity contribution in [1.29, 1.82) is 0 Å². The minimum atomic E-state index is -0.732. The molecule has 2 rings (SSSR count). The Hall–Kier alpha value is -1.89. The van der Waals surface area contributed by atoms with Gasteiger partial charge in [-0.05, 0) is 31.6 Å². The molecule has 1 aliphatic heterocycles. The molecule has 1 aliphatic carbocycles. The van der Waals surface area contributed by atoms with E-state index >= 15 is 0 Å². The Morgan fingerprint density at radius 1 is 1.23 bits per heavy atom. The first-order valence-corrected chi connectivity index (χ1v) is 11.4. The van der Waals surface area contributed by atoms with E-state index in [1.807, 2.05) is 39.8 Å². The Kier molecular flexibility index (Phi) is 8.89. The molecule has 30 heavy (non-hydrogen) atoms. The topological polar surface area (TPSA) is 95.9 Å². The monoisotopic (exact) mass is 422 g/mol. The lowest BCUT2D eigenvalue weighted by molar-refractivity contribution is -0.156. The molecule has 0 unspecified atom stereocenters. The van der Waals surface area contributed by atoms with Crippen LogP contribution in [0.1, 0.15) is 53.9 Å². The standard InChI is InChI=1S/C23H38N2O5/c1-6-9-12-24-21(27)20-16-11-10-15(7-2)18(23(29)30-8-3)19(16)22(28)25(20)17(13-26)14(4)5/h10-11,14-20,26H,6-9,12-13H2,1-5H3,(H,24,27)/t15-,16+,17+,18-,19+,20+/m1/s1. The fourth-order valence-corrected chi connectivity index (χ4v) is 4.86. The van der Waals surface area contributed by atoms with E-state index in [9.17, 15) is 19.5 Å². The van der Waals surface area contributed by atoms with Crippen LogP contribution in [-0.2, 0) is 19.1 Å². The molecule has 1 saturated heterocycles. The lowest BCUT2D eigenvalue weighted by atomic mass is 9.69. The van der Waals surface area contributed by atoms with Crippen LogP contribution < -0.4 is 5.32 Å². The lowest BCUT2D eigenvalue weighted by Crippen LogP contribution is -2.54. The minimum Gasteiger partial charge on any atom is -0.466 e. The molecule has 0 aromatic carbocycles. The van der Waals surface area contributed by atoms with Gasteiger partial charge < -0.3 is 20.1 Å². The zero-order chi connectivity index (χ0) is 22.4. The third-order valence-corrected chi connectivity index (χ3v) is 6.49. The van der Waals surface area contributed by atoms with E-state index < -0.39 is 29.8 Å². The summed E-state index contributed by atoms with van der Waals surface area (Å²) in [5.41, 5.74) is 0. The van der Waals surface area contributed by atoms with Crippen LogP contribution in [0.15, 0.2) is 12.2 Å². The normalized spacial score (nSPS) is 29.1. The average molecular weight is 423 g/mol. The van der Waals surface area contributed by atoms with Gasteiger partial charge in [-0.3, -0.25) is 14.4 Å². The van der Waals surface area contributed by atoms with Crippen molar-refractivity contribution in [3.8, 4) is 0 Å². The number of likely N-dealkylation sites (tertiary alicyclic amines) is 1. The van der Waals surface area contributed by atoms with Crippen LogP contribution in [-0.4, -0.2) is 59.6 Å². The zero-order valence-electron chi connectivity index (χ0n) is 19.0. The summed E-state index contributed by atoms with van der Waals surface area (Å²) in [6, 6.07) is -1.22. The molecule has 0 radical (unpaired) electrons. The largest absolute Gasteiger partial charge is 0.466 e. The Labute approximate surface area is 180 Å². The molecule has 0 saturated carbocycles. The summed E-state index contributed by atoms with van der Waals surface area (Å²) >= 11 is 0. The number of rotatable bonds is 10. The van der Waals surface area contributed by atoms with Gasteiger partial charge in [-0.15, -0.1) is 0 Å². The predicted molar refractivity (Wildman–Crippen MR) is 114 cm³/mol. The van der Waals surface area contributed by atoms with Crippen LogP contribution in [0.5, 0.6) is 0 Å². The van der Waals surface area contributed by atoms with Gasteiger partial charge in [0.2, 0.25) is 11.8 Å². The number of aliphatic hydroxyl groups excluding tert-OH is 1. The van der Waals surface area contributed by atoms with Crippen molar-refractivity contribution in [3.63, 3.8) is 0 Å². The van der Waals surface area contributed by atoms with Crippen molar-refractivity contribution in [2.24, 2.45) is 29.6 Å². The van der Waals surface area contributed by atoms with Crippen LogP contribution in [0.2, 0.25) is 0 Å². The summed E-state index contributed by atoms with van der Waals surface area (Å²) in [6.45, 7) is 10.2. The zero-order valence-corrected chi connectivity index (χ0v) is 19.0. The fraction of sp³-hybridized carbons (Fsp3) is 0.783. The number of unbranched alkanes of at least 4 members (excludes halogenated alkanes) is 1. The summed E-state index contributed by atoms with van der Waals surface area (Å²) in [7, 11) is 0. The van der Waals surface area contributed by atoms with E-state index in [0.29, 0.717) is 13.0 Å². The molecule has 1 fully saturated rings. The van der Waals surface area contributed by atoms with Gasteiger partial charge in [-0.2, -0.15) is 0 Å². The maximum absolute atomic E-state index is 13.7. The molecule has 0 aromatic heterocycles. The second kappa shape index (κ2) is 10.9. The first-order valence-electron chi connectivity index (χ1n) is 11.4. The minimum absolute atomic E-state index is 0.0305. The number of fused-ring (bicyclic) bond motifs is 1. The molecule has 2 aliphatic rings. The third kappa shape index (κ3) is 4.71. The van der Waals surface area contributed by atoms with Gasteiger partial charge in [-0.1, -0.05) is 46.3 Å². The van der Waals surface area contributed by atoms with E-state index in [4.69, 9.17) is 4.74 Å². The molecular weight excluding hydrogens is 384 g/mol. The van der Waals surface area contributed by atoms with Crippen LogP contribution in [0.3, 0.4) is 0 Å². The van der Waals surface area contributed by atoms with Crippen LogP contribution >= 0.6 is 0 Å². The SMILES string of the molecule is CCCCNC(=O)[C@@H]1[C@H]2C=C[C@@H](CC)[C@@H](C(=O)OCC)[C@H]2C(=O)N1[C@@H](CO)C(C)C. The van der Waals surface area contributed by atoms with Crippen molar-refractivity contribution in [2.45, 2.75) is 66.0 Å². The summed E-state index contributed by atoms with van der Waals surface area (Å²) in [5, 5.41) is 13.0. The second-order valence-corrected chi connectivity index (χ2v) is 8.67. The molecule has 0 spiro atoms. The van der Waals surface area contributed by atoms with Crippen molar-refractivity contribution in [1.82, 2.24) is 10.2 Å². The van der Waals surface area contributed by atoms with Gasteiger partial charge in [0.05, 0.1) is 31.1 Å². The average Bonchev–Trinajstić information content (AvgIpc) is 3.00. The van der Waals surface area contributed by atoms with Crippen LogP contribution in [0.4, 0.5) is 0 Å². The predicted octanol–water partition coefficient (Wildman–Crippen LogP) is 2.14. The van der Waals surface area contributed by atoms with E-state index in [2.05, 4.69) is 5.32 Å². The first kappa shape index (κ1) is 24.4. The maximum atomic E-state index is 13.7. The third-order valence-electron chi connectivity index (χ3n) is 6.49. The first-order chi connectivity index (χ1) is 14.3. The molecule has 0 aromatic rings. The molecule has 7 nitrogen and oxygen atoms in total. The number of carbonyl (C=O) groups excluding carboxylic acids is 3. The van der Waals surface area contributed by atoms with E-state index in [-0.39, 0.29) is 42.8 Å². The highest BCUT2D eigenvalue weighted by atomic mass is 16.5. The van der Waals surface area contributed by atoms with Gasteiger partial charge in [-0.25, -0.2) is 0 Å². The number of esters is 1. The Balaban J connectivity index is 2.48. The molecular formula is C23H38N2O5. The molecule has 0 bridgehead atoms. The highest BCUT2D eigenvalue weighted by molar-refractivity contribution is 5.96. The number of nitrogens with one attached hydrogen (secondary N) is 1. The Bertz CT molecular complexity index is 648. The summed E-state index contributed by atoms with van der Waals surface area (Å²) in [5.74, 6) is -2.64. The van der Waals surface area contributed by atoms with Crippen LogP contribution in [0.25, 0.3) is 0 Å².